The Kier molecular flexibility index (Phi) is 2.62. The van der Waals surface area contributed by atoms with Crippen molar-refractivity contribution in [1.82, 2.24) is 4.98 Å². The highest BCUT2D eigenvalue weighted by molar-refractivity contribution is 7.85. The normalized spacial score (nSPS) is 10.3. The molecule has 0 bridgehead atoms. The lowest BCUT2D eigenvalue weighted by molar-refractivity contribution is 1.15. The number of hydrogen-bond acceptors (Lipinski definition) is 4. The van der Waals surface area contributed by atoms with E-state index in [0.29, 0.717) is 5.03 Å². The molecular formula is C9H7NS3. The third-order valence-corrected chi connectivity index (χ3v) is 3.66. The molecule has 13 heavy (non-hydrogen) atoms. The van der Waals surface area contributed by atoms with Crippen LogP contribution in [0.25, 0.3) is 10.6 Å². The van der Waals surface area contributed by atoms with E-state index in [9.17, 15) is 0 Å². The molecule has 1 heterocycles. The molecule has 0 aliphatic carbocycles. The van der Waals surface area contributed by atoms with Crippen molar-refractivity contribution in [3.05, 3.63) is 30.3 Å². The van der Waals surface area contributed by atoms with E-state index in [1.165, 1.54) is 0 Å². The van der Waals surface area contributed by atoms with Crippen molar-refractivity contribution in [2.75, 3.05) is 0 Å². The highest BCUT2D eigenvalue weighted by Gasteiger charge is 2.05. The monoisotopic (exact) mass is 225 g/mol. The molecule has 0 fully saturated rings. The number of thiazole rings is 1. The first-order chi connectivity index (χ1) is 6.27. The average molecular weight is 225 g/mol. The largest absolute Gasteiger partial charge is 0.229 e. The molecular weight excluding hydrogens is 218 g/mol. The van der Waals surface area contributed by atoms with Gasteiger partial charge in [0.05, 0.1) is 4.21 Å². The Morgan fingerprint density at radius 3 is 2.31 bits per heavy atom. The van der Waals surface area contributed by atoms with Crippen LogP contribution in [0.3, 0.4) is 0 Å². The van der Waals surface area contributed by atoms with Crippen LogP contribution in [0, 0.1) is 0 Å². The summed E-state index contributed by atoms with van der Waals surface area (Å²) in [7, 11) is 0. The average Bonchev–Trinajstić information content (AvgIpc) is 2.49. The van der Waals surface area contributed by atoms with Gasteiger partial charge in [-0.3, -0.25) is 0 Å². The van der Waals surface area contributed by atoms with Gasteiger partial charge in [-0.25, -0.2) is 4.98 Å². The maximum atomic E-state index is 4.29. The van der Waals surface area contributed by atoms with E-state index < -0.39 is 0 Å². The lowest BCUT2D eigenvalue weighted by Gasteiger charge is -1.92. The van der Waals surface area contributed by atoms with Crippen LogP contribution in [0.1, 0.15) is 0 Å². The first kappa shape index (κ1) is 9.12. The first-order valence-corrected chi connectivity index (χ1v) is 5.42. The second-order valence-corrected chi connectivity index (χ2v) is 4.69. The van der Waals surface area contributed by atoms with E-state index in [0.717, 1.165) is 14.8 Å². The van der Waals surface area contributed by atoms with E-state index >= 15 is 0 Å². The molecule has 0 aliphatic rings. The van der Waals surface area contributed by atoms with Crippen molar-refractivity contribution in [3.8, 4) is 10.6 Å². The summed E-state index contributed by atoms with van der Waals surface area (Å²) in [5, 5.41) is 1.67. The number of hydrogen-bond donors (Lipinski definition) is 2. The topological polar surface area (TPSA) is 12.9 Å². The molecule has 0 atom stereocenters. The standard InChI is InChI=1S/C9H7NS3/c11-7-9(12)13-8(10-7)6-4-2-1-3-5-6/h1-5,11-12H. The summed E-state index contributed by atoms with van der Waals surface area (Å²) < 4.78 is 0.863. The van der Waals surface area contributed by atoms with Crippen LogP contribution in [-0.4, -0.2) is 4.98 Å². The predicted molar refractivity (Wildman–Crippen MR) is 62.1 cm³/mol. The number of thiol groups is 2. The van der Waals surface area contributed by atoms with Gasteiger partial charge in [-0.05, 0) is 0 Å². The Labute approximate surface area is 91.7 Å². The number of nitrogens with zero attached hydrogens (tertiary/aromatic N) is 1. The van der Waals surface area contributed by atoms with Gasteiger partial charge >= 0.3 is 0 Å². The third kappa shape index (κ3) is 1.90. The number of rotatable bonds is 1. The van der Waals surface area contributed by atoms with Crippen LogP contribution in [-0.2, 0) is 0 Å². The summed E-state index contributed by atoms with van der Waals surface area (Å²) in [6.45, 7) is 0. The van der Waals surface area contributed by atoms with Gasteiger partial charge in [0.15, 0.2) is 0 Å². The smallest absolute Gasteiger partial charge is 0.125 e. The quantitative estimate of drug-likeness (QED) is 0.709. The Balaban J connectivity index is 2.48. The first-order valence-electron chi connectivity index (χ1n) is 3.71. The molecule has 2 rings (SSSR count). The lowest BCUT2D eigenvalue weighted by Crippen LogP contribution is -1.73. The van der Waals surface area contributed by atoms with E-state index in [2.05, 4.69) is 30.2 Å². The molecule has 1 aromatic heterocycles. The predicted octanol–water partition coefficient (Wildman–Crippen LogP) is 3.39. The lowest BCUT2D eigenvalue weighted by atomic mass is 10.2. The van der Waals surface area contributed by atoms with Crippen molar-refractivity contribution >= 4 is 36.6 Å². The zero-order valence-electron chi connectivity index (χ0n) is 6.64. The fourth-order valence-corrected chi connectivity index (χ4v) is 2.33. The van der Waals surface area contributed by atoms with Crippen LogP contribution in [0.4, 0.5) is 0 Å². The molecule has 0 unspecified atom stereocenters. The van der Waals surface area contributed by atoms with Gasteiger partial charge in [-0.15, -0.1) is 36.6 Å². The van der Waals surface area contributed by atoms with Crippen LogP contribution >= 0.6 is 36.6 Å². The minimum absolute atomic E-state index is 0.701. The van der Waals surface area contributed by atoms with Crippen molar-refractivity contribution in [3.63, 3.8) is 0 Å². The number of aromatic nitrogens is 1. The van der Waals surface area contributed by atoms with Gasteiger partial charge in [-0.1, -0.05) is 30.3 Å². The SMILES string of the molecule is Sc1nc(-c2ccccc2)sc1S. The van der Waals surface area contributed by atoms with Gasteiger partial charge in [0, 0.05) is 5.56 Å². The van der Waals surface area contributed by atoms with Crippen molar-refractivity contribution < 1.29 is 0 Å². The van der Waals surface area contributed by atoms with Crippen LogP contribution in [0.2, 0.25) is 0 Å². The fraction of sp³-hybridized carbons (Fsp3) is 0. The molecule has 1 nitrogen and oxygen atoms in total. The van der Waals surface area contributed by atoms with Gasteiger partial charge < -0.3 is 0 Å². The molecule has 0 aliphatic heterocycles. The number of benzene rings is 1. The molecule has 1 aromatic carbocycles. The Bertz CT molecular complexity index is 389. The Hall–Kier alpha value is -0.450. The van der Waals surface area contributed by atoms with E-state index in [1.54, 1.807) is 11.3 Å². The molecule has 0 saturated heterocycles. The molecule has 4 heteroatoms. The van der Waals surface area contributed by atoms with Gasteiger partial charge in [0.2, 0.25) is 0 Å². The Morgan fingerprint density at radius 1 is 1.08 bits per heavy atom. The van der Waals surface area contributed by atoms with Crippen molar-refractivity contribution in [2.45, 2.75) is 9.24 Å². The molecule has 0 radical (unpaired) electrons. The highest BCUT2D eigenvalue weighted by atomic mass is 32.2. The minimum atomic E-state index is 0.701. The van der Waals surface area contributed by atoms with Crippen LogP contribution in [0.5, 0.6) is 0 Å². The molecule has 2 aromatic rings. The molecule has 0 saturated carbocycles. The van der Waals surface area contributed by atoms with Gasteiger partial charge in [-0.2, -0.15) is 0 Å². The molecule has 66 valence electrons. The third-order valence-electron chi connectivity index (χ3n) is 1.61. The van der Waals surface area contributed by atoms with E-state index in [4.69, 9.17) is 0 Å². The highest BCUT2D eigenvalue weighted by Crippen LogP contribution is 2.31. The summed E-state index contributed by atoms with van der Waals surface area (Å²) in [5.74, 6) is 0. The van der Waals surface area contributed by atoms with E-state index in [-0.39, 0.29) is 0 Å². The summed E-state index contributed by atoms with van der Waals surface area (Å²) in [6, 6.07) is 10.0. The van der Waals surface area contributed by atoms with Gasteiger partial charge in [0.1, 0.15) is 10.0 Å². The summed E-state index contributed by atoms with van der Waals surface area (Å²) in [4.78, 5) is 4.29. The maximum absolute atomic E-state index is 4.29. The zero-order chi connectivity index (χ0) is 9.26. The second-order valence-electron chi connectivity index (χ2n) is 2.51. The summed E-state index contributed by atoms with van der Waals surface area (Å²) >= 11 is 9.98. The van der Waals surface area contributed by atoms with Crippen molar-refractivity contribution in [2.24, 2.45) is 0 Å². The maximum Gasteiger partial charge on any atom is 0.125 e. The molecule has 0 spiro atoms. The zero-order valence-corrected chi connectivity index (χ0v) is 9.24. The van der Waals surface area contributed by atoms with Crippen molar-refractivity contribution in [1.29, 1.82) is 0 Å². The van der Waals surface area contributed by atoms with Crippen LogP contribution < -0.4 is 0 Å². The Morgan fingerprint density at radius 2 is 1.77 bits per heavy atom. The fourth-order valence-electron chi connectivity index (χ4n) is 1.01. The summed E-state index contributed by atoms with van der Waals surface area (Å²) in [6.07, 6.45) is 0. The van der Waals surface area contributed by atoms with Crippen LogP contribution in [0.15, 0.2) is 39.6 Å². The summed E-state index contributed by atoms with van der Waals surface area (Å²) in [5.41, 5.74) is 1.11. The van der Waals surface area contributed by atoms with E-state index in [1.807, 2.05) is 30.3 Å². The molecule has 0 amide bonds. The van der Waals surface area contributed by atoms with Gasteiger partial charge in [0.25, 0.3) is 0 Å². The molecule has 0 N–H and O–H groups in total. The minimum Gasteiger partial charge on any atom is -0.229 e. The second kappa shape index (κ2) is 3.74.